The van der Waals surface area contributed by atoms with Crippen molar-refractivity contribution in [2.45, 2.75) is 6.92 Å². The lowest BCUT2D eigenvalue weighted by molar-refractivity contribution is 0.0942. The molecule has 16 heavy (non-hydrogen) atoms. The van der Waals surface area contributed by atoms with E-state index in [1.54, 1.807) is 6.07 Å². The summed E-state index contributed by atoms with van der Waals surface area (Å²) in [4.78, 5) is 15.6. The summed E-state index contributed by atoms with van der Waals surface area (Å²) in [7, 11) is 0. The van der Waals surface area contributed by atoms with Crippen LogP contribution in [0.25, 0.3) is 0 Å². The van der Waals surface area contributed by atoms with Gasteiger partial charge in [-0.3, -0.25) is 4.79 Å². The largest absolute Gasteiger partial charge is 0.396 e. The van der Waals surface area contributed by atoms with E-state index in [-0.39, 0.29) is 23.6 Å². The highest BCUT2D eigenvalue weighted by Crippen LogP contribution is 2.17. The first kappa shape index (κ1) is 13.4. The number of rotatable bonds is 4. The van der Waals surface area contributed by atoms with Crippen LogP contribution in [0.1, 0.15) is 17.3 Å². The molecular weight excluding hydrogens is 295 g/mol. The lowest BCUT2D eigenvalue weighted by atomic mass is 10.2. The summed E-state index contributed by atoms with van der Waals surface area (Å²) in [6, 6.07) is 1.61. The van der Waals surface area contributed by atoms with Gasteiger partial charge in [-0.05, 0) is 27.9 Å². The van der Waals surface area contributed by atoms with E-state index < -0.39 is 0 Å². The Hall–Kier alpha value is -0.650. The number of hydrogen-bond donors (Lipinski definition) is 2. The number of amides is 1. The summed E-state index contributed by atoms with van der Waals surface area (Å²) in [5, 5.41) is 11.7. The Morgan fingerprint density at radius 3 is 3.06 bits per heavy atom. The molecule has 0 aliphatic rings. The molecule has 0 saturated heterocycles. The van der Waals surface area contributed by atoms with E-state index in [0.29, 0.717) is 16.6 Å². The fourth-order valence-electron chi connectivity index (χ4n) is 1.01. The first-order valence-corrected chi connectivity index (χ1v) is 5.91. The molecule has 1 heterocycles. The van der Waals surface area contributed by atoms with E-state index >= 15 is 0 Å². The molecule has 1 unspecified atom stereocenters. The molecule has 0 fully saturated rings. The number of hydrogen-bond acceptors (Lipinski definition) is 3. The van der Waals surface area contributed by atoms with Crippen LogP contribution in [-0.4, -0.2) is 29.1 Å². The van der Waals surface area contributed by atoms with Crippen LogP contribution >= 0.6 is 27.5 Å². The number of pyridine rings is 1. The fraction of sp³-hybridized carbons (Fsp3) is 0.400. The third-order valence-corrected chi connectivity index (χ3v) is 2.71. The first-order valence-electron chi connectivity index (χ1n) is 4.74. The molecule has 1 amide bonds. The molecular formula is C10H12BrClN2O2. The van der Waals surface area contributed by atoms with E-state index in [2.05, 4.69) is 26.2 Å². The standard InChI is InChI=1S/C10H12BrClN2O2/c1-6(5-15)3-14-10(16)8-2-7(11)4-13-9(8)12/h2,4,6,15H,3,5H2,1H3,(H,14,16). The first-order chi connectivity index (χ1) is 7.54. The van der Waals surface area contributed by atoms with Crippen LogP contribution in [0.4, 0.5) is 0 Å². The van der Waals surface area contributed by atoms with Crippen molar-refractivity contribution in [3.05, 3.63) is 27.5 Å². The van der Waals surface area contributed by atoms with Gasteiger partial charge in [0.2, 0.25) is 0 Å². The van der Waals surface area contributed by atoms with Crippen LogP contribution in [0.5, 0.6) is 0 Å². The van der Waals surface area contributed by atoms with Crippen LogP contribution in [0.3, 0.4) is 0 Å². The van der Waals surface area contributed by atoms with Gasteiger partial charge in [0.1, 0.15) is 5.15 Å². The van der Waals surface area contributed by atoms with Crippen molar-refractivity contribution in [3.63, 3.8) is 0 Å². The minimum atomic E-state index is -0.292. The molecule has 0 aliphatic carbocycles. The molecule has 0 saturated carbocycles. The lowest BCUT2D eigenvalue weighted by Crippen LogP contribution is -2.29. The van der Waals surface area contributed by atoms with Crippen molar-refractivity contribution in [3.8, 4) is 0 Å². The molecule has 0 bridgehead atoms. The molecule has 1 rings (SSSR count). The molecule has 0 aromatic carbocycles. The molecule has 0 aliphatic heterocycles. The SMILES string of the molecule is CC(CO)CNC(=O)c1cc(Br)cnc1Cl. The lowest BCUT2D eigenvalue weighted by Gasteiger charge is -2.10. The molecule has 0 radical (unpaired) electrons. The van der Waals surface area contributed by atoms with Gasteiger partial charge in [-0.25, -0.2) is 4.98 Å². The Labute approximate surface area is 107 Å². The Morgan fingerprint density at radius 2 is 2.44 bits per heavy atom. The van der Waals surface area contributed by atoms with Crippen LogP contribution < -0.4 is 5.32 Å². The molecule has 88 valence electrons. The van der Waals surface area contributed by atoms with Gasteiger partial charge in [0.15, 0.2) is 0 Å². The van der Waals surface area contributed by atoms with Crippen LogP contribution in [-0.2, 0) is 0 Å². The Balaban J connectivity index is 2.69. The second-order valence-corrected chi connectivity index (χ2v) is 4.76. The fourth-order valence-corrected chi connectivity index (χ4v) is 1.53. The van der Waals surface area contributed by atoms with E-state index in [1.807, 2.05) is 6.92 Å². The summed E-state index contributed by atoms with van der Waals surface area (Å²) >= 11 is 9.02. The van der Waals surface area contributed by atoms with Crippen LogP contribution in [0.15, 0.2) is 16.7 Å². The minimum absolute atomic E-state index is 0.0165. The zero-order valence-electron chi connectivity index (χ0n) is 8.70. The Bertz CT molecular complexity index is 387. The second kappa shape index (κ2) is 6.18. The van der Waals surface area contributed by atoms with Crippen LogP contribution in [0, 0.1) is 5.92 Å². The van der Waals surface area contributed by atoms with Gasteiger partial charge in [-0.15, -0.1) is 0 Å². The third kappa shape index (κ3) is 3.73. The zero-order chi connectivity index (χ0) is 12.1. The molecule has 6 heteroatoms. The molecule has 0 spiro atoms. The van der Waals surface area contributed by atoms with Crippen molar-refractivity contribution in [1.29, 1.82) is 0 Å². The Morgan fingerprint density at radius 1 is 1.75 bits per heavy atom. The number of halogens is 2. The van der Waals surface area contributed by atoms with Gasteiger partial charge >= 0.3 is 0 Å². The summed E-state index contributed by atoms with van der Waals surface area (Å²) in [5.74, 6) is -0.276. The van der Waals surface area contributed by atoms with Crippen LogP contribution in [0.2, 0.25) is 5.15 Å². The minimum Gasteiger partial charge on any atom is -0.396 e. The highest BCUT2D eigenvalue weighted by molar-refractivity contribution is 9.10. The number of carbonyl (C=O) groups excluding carboxylic acids is 1. The van der Waals surface area contributed by atoms with Crippen molar-refractivity contribution in [1.82, 2.24) is 10.3 Å². The van der Waals surface area contributed by atoms with Gasteiger partial charge < -0.3 is 10.4 Å². The van der Waals surface area contributed by atoms with Crippen molar-refractivity contribution >= 4 is 33.4 Å². The second-order valence-electron chi connectivity index (χ2n) is 3.49. The van der Waals surface area contributed by atoms with E-state index in [9.17, 15) is 4.79 Å². The number of aliphatic hydroxyl groups is 1. The average Bonchev–Trinajstić information content (AvgIpc) is 2.28. The average molecular weight is 308 g/mol. The van der Waals surface area contributed by atoms with E-state index in [1.165, 1.54) is 6.20 Å². The number of nitrogens with zero attached hydrogens (tertiary/aromatic N) is 1. The van der Waals surface area contributed by atoms with Crippen molar-refractivity contribution < 1.29 is 9.90 Å². The highest BCUT2D eigenvalue weighted by Gasteiger charge is 2.12. The highest BCUT2D eigenvalue weighted by atomic mass is 79.9. The van der Waals surface area contributed by atoms with Crippen molar-refractivity contribution in [2.75, 3.05) is 13.2 Å². The number of nitrogens with one attached hydrogen (secondary N) is 1. The maximum atomic E-state index is 11.7. The Kier molecular flexibility index (Phi) is 5.18. The predicted octanol–water partition coefficient (Wildman–Crippen LogP) is 1.86. The molecule has 4 nitrogen and oxygen atoms in total. The molecule has 1 aromatic rings. The monoisotopic (exact) mass is 306 g/mol. The molecule has 2 N–H and O–H groups in total. The van der Waals surface area contributed by atoms with Gasteiger partial charge in [0, 0.05) is 23.8 Å². The number of aliphatic hydroxyl groups excluding tert-OH is 1. The third-order valence-electron chi connectivity index (χ3n) is 1.97. The van der Waals surface area contributed by atoms with Gasteiger partial charge in [-0.1, -0.05) is 18.5 Å². The molecule has 1 aromatic heterocycles. The summed E-state index contributed by atoms with van der Waals surface area (Å²) in [6.07, 6.45) is 1.52. The topological polar surface area (TPSA) is 62.2 Å². The maximum absolute atomic E-state index is 11.7. The normalized spacial score (nSPS) is 12.2. The van der Waals surface area contributed by atoms with E-state index in [4.69, 9.17) is 16.7 Å². The summed E-state index contributed by atoms with van der Waals surface area (Å²) < 4.78 is 0.692. The van der Waals surface area contributed by atoms with Gasteiger partial charge in [-0.2, -0.15) is 0 Å². The van der Waals surface area contributed by atoms with E-state index in [0.717, 1.165) is 0 Å². The van der Waals surface area contributed by atoms with Crippen molar-refractivity contribution in [2.24, 2.45) is 5.92 Å². The summed E-state index contributed by atoms with van der Waals surface area (Å²) in [6.45, 7) is 2.27. The smallest absolute Gasteiger partial charge is 0.254 e. The predicted molar refractivity (Wildman–Crippen MR) is 65.5 cm³/mol. The van der Waals surface area contributed by atoms with Gasteiger partial charge in [0.05, 0.1) is 5.56 Å². The van der Waals surface area contributed by atoms with Gasteiger partial charge in [0.25, 0.3) is 5.91 Å². The quantitative estimate of drug-likeness (QED) is 0.835. The number of aromatic nitrogens is 1. The molecule has 1 atom stereocenters. The zero-order valence-corrected chi connectivity index (χ0v) is 11.0. The maximum Gasteiger partial charge on any atom is 0.254 e. The summed E-state index contributed by atoms with van der Waals surface area (Å²) in [5.41, 5.74) is 0.321. The number of carbonyl (C=O) groups is 1.